The lowest BCUT2D eigenvalue weighted by Gasteiger charge is -2.39. The first-order chi connectivity index (χ1) is 17.7. The number of hydrogen-bond acceptors (Lipinski definition) is 5. The summed E-state index contributed by atoms with van der Waals surface area (Å²) in [5.41, 5.74) is 0.778. The van der Waals surface area contributed by atoms with Crippen molar-refractivity contribution in [1.29, 1.82) is 0 Å². The first-order valence-electron chi connectivity index (χ1n) is 11.7. The molecule has 0 radical (unpaired) electrons. The number of pyridine rings is 2. The van der Waals surface area contributed by atoms with Crippen LogP contribution in [0, 0.1) is 0 Å². The number of carbonyl (C=O) groups excluding carboxylic acids is 2. The molecule has 3 aromatic heterocycles. The third kappa shape index (κ3) is 4.89. The summed E-state index contributed by atoms with van der Waals surface area (Å²) in [5, 5.41) is 2.76. The average molecular weight is 509 g/mol. The van der Waals surface area contributed by atoms with Gasteiger partial charge in [0.05, 0.1) is 23.0 Å². The van der Waals surface area contributed by atoms with Crippen LogP contribution in [-0.2, 0) is 13.2 Å². The molecule has 5 rings (SSSR count). The van der Waals surface area contributed by atoms with Crippen molar-refractivity contribution >= 4 is 23.0 Å². The van der Waals surface area contributed by atoms with Crippen LogP contribution in [0.2, 0.25) is 0 Å². The van der Waals surface area contributed by atoms with Gasteiger partial charge >= 0.3 is 6.18 Å². The molecule has 2 atom stereocenters. The molecule has 8 nitrogen and oxygen atoms in total. The molecule has 0 aliphatic carbocycles. The second-order valence-corrected chi connectivity index (χ2v) is 8.96. The minimum atomic E-state index is -4.71. The minimum Gasteiger partial charge on any atom is -0.347 e. The summed E-state index contributed by atoms with van der Waals surface area (Å²) in [6, 6.07) is 12.5. The molecule has 1 saturated heterocycles. The molecular weight excluding hydrogens is 485 g/mol. The summed E-state index contributed by atoms with van der Waals surface area (Å²) >= 11 is 0. The van der Waals surface area contributed by atoms with Crippen molar-refractivity contribution in [1.82, 2.24) is 29.7 Å². The predicted octanol–water partition coefficient (Wildman–Crippen LogP) is 3.81. The van der Waals surface area contributed by atoms with E-state index in [0.717, 1.165) is 29.4 Å². The number of benzene rings is 1. The zero-order valence-corrected chi connectivity index (χ0v) is 19.8. The van der Waals surface area contributed by atoms with E-state index in [1.165, 1.54) is 6.20 Å². The van der Waals surface area contributed by atoms with Gasteiger partial charge in [-0.1, -0.05) is 30.3 Å². The summed E-state index contributed by atoms with van der Waals surface area (Å²) in [6.45, 7) is 0.580. The Morgan fingerprint density at radius 2 is 1.84 bits per heavy atom. The number of amides is 2. The van der Waals surface area contributed by atoms with Crippen molar-refractivity contribution in [2.24, 2.45) is 7.05 Å². The van der Waals surface area contributed by atoms with Crippen molar-refractivity contribution in [3.63, 3.8) is 0 Å². The number of carbonyl (C=O) groups is 2. The van der Waals surface area contributed by atoms with Gasteiger partial charge in [-0.15, -0.1) is 0 Å². The smallest absolute Gasteiger partial charge is 0.347 e. The molecule has 1 aromatic carbocycles. The molecule has 1 aliphatic heterocycles. The maximum atomic E-state index is 13.5. The average Bonchev–Trinajstić information content (AvgIpc) is 3.28. The molecule has 1 fully saturated rings. The molecule has 37 heavy (non-hydrogen) atoms. The second-order valence-electron chi connectivity index (χ2n) is 8.96. The largest absolute Gasteiger partial charge is 0.418 e. The summed E-state index contributed by atoms with van der Waals surface area (Å²) in [7, 11) is 1.82. The number of piperidine rings is 1. The maximum Gasteiger partial charge on any atom is 0.418 e. The number of aromatic nitrogens is 4. The van der Waals surface area contributed by atoms with Gasteiger partial charge in [0.2, 0.25) is 0 Å². The number of halogens is 3. The van der Waals surface area contributed by atoms with Gasteiger partial charge in [-0.25, -0.2) is 9.97 Å². The third-order valence-electron chi connectivity index (χ3n) is 6.60. The van der Waals surface area contributed by atoms with Crippen molar-refractivity contribution in [2.75, 3.05) is 13.1 Å². The van der Waals surface area contributed by atoms with E-state index in [2.05, 4.69) is 20.3 Å². The SMILES string of the molecule is Cn1cnc2ncc(C(=O)N3CC[C@@H](NC(=O)c4ncccc4C(F)(F)F)[C@@H](c4ccccc4)C3)cc21. The first-order valence-corrected chi connectivity index (χ1v) is 11.7. The highest BCUT2D eigenvalue weighted by atomic mass is 19.4. The van der Waals surface area contributed by atoms with Crippen LogP contribution in [0.25, 0.3) is 11.2 Å². The van der Waals surface area contributed by atoms with E-state index in [-0.39, 0.29) is 18.4 Å². The normalized spacial score (nSPS) is 18.1. The fourth-order valence-electron chi connectivity index (χ4n) is 4.71. The molecule has 4 heterocycles. The van der Waals surface area contributed by atoms with Gasteiger partial charge in [-0.05, 0) is 30.2 Å². The van der Waals surface area contributed by atoms with Gasteiger partial charge < -0.3 is 14.8 Å². The molecule has 1 N–H and O–H groups in total. The number of nitrogens with one attached hydrogen (secondary N) is 1. The van der Waals surface area contributed by atoms with Gasteiger partial charge in [0.25, 0.3) is 11.8 Å². The fraction of sp³-hybridized carbons (Fsp3) is 0.269. The van der Waals surface area contributed by atoms with Crippen molar-refractivity contribution in [3.05, 3.63) is 89.6 Å². The molecule has 4 aromatic rings. The number of rotatable bonds is 4. The number of imidazole rings is 1. The van der Waals surface area contributed by atoms with Gasteiger partial charge in [-0.3, -0.25) is 14.6 Å². The lowest BCUT2D eigenvalue weighted by atomic mass is 9.85. The van der Waals surface area contributed by atoms with Crippen LogP contribution in [0.15, 0.2) is 67.3 Å². The molecule has 11 heteroatoms. The quantitative estimate of drug-likeness (QED) is 0.453. The van der Waals surface area contributed by atoms with Crippen molar-refractivity contribution in [3.8, 4) is 0 Å². The molecule has 190 valence electrons. The Kier molecular flexibility index (Phi) is 6.36. The van der Waals surface area contributed by atoms with Crippen LogP contribution in [-0.4, -0.2) is 55.4 Å². The zero-order valence-electron chi connectivity index (χ0n) is 19.8. The Bertz CT molecular complexity index is 1450. The van der Waals surface area contributed by atoms with Gasteiger partial charge in [-0.2, -0.15) is 13.2 Å². The van der Waals surface area contributed by atoms with Crippen LogP contribution < -0.4 is 5.32 Å². The fourth-order valence-corrected chi connectivity index (χ4v) is 4.71. The van der Waals surface area contributed by atoms with Crippen LogP contribution in [0.4, 0.5) is 13.2 Å². The summed E-state index contributed by atoms with van der Waals surface area (Å²) in [6.07, 6.45) is -0.0848. The van der Waals surface area contributed by atoms with Gasteiger partial charge in [0, 0.05) is 44.5 Å². The van der Waals surface area contributed by atoms with E-state index >= 15 is 0 Å². The van der Waals surface area contributed by atoms with Crippen LogP contribution in [0.1, 0.15) is 44.3 Å². The molecule has 0 unspecified atom stereocenters. The Hall–Kier alpha value is -4.28. The minimum absolute atomic E-state index is 0.217. The lowest BCUT2D eigenvalue weighted by Crippen LogP contribution is -2.51. The summed E-state index contributed by atoms with van der Waals surface area (Å²) in [5.74, 6) is -1.45. The van der Waals surface area contributed by atoms with E-state index in [9.17, 15) is 22.8 Å². The molecule has 0 spiro atoms. The topological polar surface area (TPSA) is 93.0 Å². The number of fused-ring (bicyclic) bond motifs is 1. The zero-order chi connectivity index (χ0) is 26.2. The highest BCUT2D eigenvalue weighted by Crippen LogP contribution is 2.32. The van der Waals surface area contributed by atoms with Crippen molar-refractivity contribution < 1.29 is 22.8 Å². The number of nitrogens with zero attached hydrogens (tertiary/aromatic N) is 5. The summed E-state index contributed by atoms with van der Waals surface area (Å²) in [4.78, 5) is 40.2. The Balaban J connectivity index is 1.40. The number of hydrogen-bond donors (Lipinski definition) is 1. The second kappa shape index (κ2) is 9.64. The standard InChI is InChI=1S/C26H23F3N6O2/c1-34-15-32-23-21(34)12-17(13-31-23)25(37)35-11-9-20(18(14-35)16-6-3-2-4-7-16)33-24(36)22-19(26(27,28)29)8-5-10-30-22/h2-8,10,12-13,15,18,20H,9,11,14H2,1H3,(H,33,36)/t18-,20-/m1/s1. The van der Waals surface area contributed by atoms with Gasteiger partial charge in [0.1, 0.15) is 5.69 Å². The van der Waals surface area contributed by atoms with Crippen LogP contribution in [0.3, 0.4) is 0 Å². The molecule has 2 amide bonds. The Labute approximate surface area is 210 Å². The Morgan fingerprint density at radius 1 is 1.05 bits per heavy atom. The molecule has 0 saturated carbocycles. The lowest BCUT2D eigenvalue weighted by molar-refractivity contribution is -0.138. The molecule has 0 bridgehead atoms. The molecular formula is C26H23F3N6O2. The highest BCUT2D eigenvalue weighted by Gasteiger charge is 2.38. The van der Waals surface area contributed by atoms with Crippen molar-refractivity contribution in [2.45, 2.75) is 24.6 Å². The van der Waals surface area contributed by atoms with Gasteiger partial charge in [0.15, 0.2) is 5.65 Å². The van der Waals surface area contributed by atoms with Crippen LogP contribution >= 0.6 is 0 Å². The maximum absolute atomic E-state index is 13.5. The van der Waals surface area contributed by atoms with Crippen LogP contribution in [0.5, 0.6) is 0 Å². The Morgan fingerprint density at radius 3 is 2.59 bits per heavy atom. The monoisotopic (exact) mass is 508 g/mol. The van der Waals surface area contributed by atoms with E-state index in [1.807, 2.05) is 37.4 Å². The van der Waals surface area contributed by atoms with E-state index in [0.29, 0.717) is 24.2 Å². The number of aryl methyl sites for hydroxylation is 1. The van der Waals surface area contributed by atoms with E-state index < -0.39 is 29.4 Å². The first kappa shape index (κ1) is 24.4. The third-order valence-corrected chi connectivity index (χ3v) is 6.60. The van der Waals surface area contributed by atoms with E-state index in [4.69, 9.17) is 0 Å². The number of alkyl halides is 3. The summed E-state index contributed by atoms with van der Waals surface area (Å²) < 4.78 is 42.1. The molecule has 1 aliphatic rings. The predicted molar refractivity (Wildman–Crippen MR) is 129 cm³/mol. The highest BCUT2D eigenvalue weighted by molar-refractivity contribution is 5.97. The number of likely N-dealkylation sites (tertiary alicyclic amines) is 1. The van der Waals surface area contributed by atoms with E-state index in [1.54, 1.807) is 21.9 Å².